The van der Waals surface area contributed by atoms with Gasteiger partial charge < -0.3 is 20.1 Å². The van der Waals surface area contributed by atoms with Gasteiger partial charge in [0.05, 0.1) is 13.7 Å². The van der Waals surface area contributed by atoms with Gasteiger partial charge in [-0.15, -0.1) is 0 Å². The fourth-order valence-electron chi connectivity index (χ4n) is 3.15. The van der Waals surface area contributed by atoms with E-state index < -0.39 is 10.8 Å². The van der Waals surface area contributed by atoms with E-state index in [0.29, 0.717) is 24.4 Å². The average Bonchev–Trinajstić information content (AvgIpc) is 2.70. The molecule has 6 nitrogen and oxygen atoms in total. The third-order valence-corrected chi connectivity index (χ3v) is 6.31. The highest BCUT2D eigenvalue weighted by atomic mass is 32.2. The van der Waals surface area contributed by atoms with E-state index in [2.05, 4.69) is 15.6 Å². The van der Waals surface area contributed by atoms with E-state index in [1.807, 2.05) is 31.2 Å². The molecule has 0 amide bonds. The Morgan fingerprint density at radius 2 is 2.00 bits per heavy atom. The Balaban J connectivity index is 1.71. The lowest BCUT2D eigenvalue weighted by atomic mass is 9.95. The van der Waals surface area contributed by atoms with Crippen LogP contribution in [0.15, 0.2) is 29.3 Å². The second kappa shape index (κ2) is 11.1. The van der Waals surface area contributed by atoms with E-state index in [9.17, 15) is 4.21 Å². The number of rotatable bonds is 8. The number of nitrogens with one attached hydrogen (secondary N) is 2. The van der Waals surface area contributed by atoms with E-state index in [1.54, 1.807) is 14.2 Å². The molecule has 26 heavy (non-hydrogen) atoms. The molecule has 0 radical (unpaired) electrons. The number of methoxy groups -OCH3 is 1. The van der Waals surface area contributed by atoms with Crippen LogP contribution in [0.5, 0.6) is 11.5 Å². The molecule has 3 atom stereocenters. The Morgan fingerprint density at radius 1 is 1.27 bits per heavy atom. The molecule has 1 fully saturated rings. The van der Waals surface area contributed by atoms with Gasteiger partial charge >= 0.3 is 0 Å². The van der Waals surface area contributed by atoms with Crippen LogP contribution in [0.2, 0.25) is 0 Å². The Kier molecular flexibility index (Phi) is 8.74. The lowest BCUT2D eigenvalue weighted by molar-refractivity contribution is 0.320. The maximum absolute atomic E-state index is 12.1. The van der Waals surface area contributed by atoms with Crippen LogP contribution in [-0.4, -0.2) is 54.5 Å². The van der Waals surface area contributed by atoms with E-state index in [-0.39, 0.29) is 0 Å². The van der Waals surface area contributed by atoms with E-state index in [1.165, 1.54) is 0 Å². The molecule has 1 aromatic carbocycles. The van der Waals surface area contributed by atoms with Gasteiger partial charge in [0.2, 0.25) is 0 Å². The van der Waals surface area contributed by atoms with Crippen LogP contribution in [0.25, 0.3) is 0 Å². The molecule has 0 bridgehead atoms. The van der Waals surface area contributed by atoms with Crippen molar-refractivity contribution in [2.45, 2.75) is 43.9 Å². The van der Waals surface area contributed by atoms with Crippen molar-refractivity contribution in [1.82, 2.24) is 10.6 Å². The summed E-state index contributed by atoms with van der Waals surface area (Å²) in [6, 6.07) is 7.87. The summed E-state index contributed by atoms with van der Waals surface area (Å²) in [4.78, 5) is 4.29. The van der Waals surface area contributed by atoms with Gasteiger partial charge in [0.15, 0.2) is 5.96 Å². The van der Waals surface area contributed by atoms with Crippen molar-refractivity contribution in [1.29, 1.82) is 0 Å². The predicted molar refractivity (Wildman–Crippen MR) is 108 cm³/mol. The largest absolute Gasteiger partial charge is 0.497 e. The van der Waals surface area contributed by atoms with Crippen molar-refractivity contribution < 1.29 is 13.7 Å². The van der Waals surface area contributed by atoms with Gasteiger partial charge in [0.25, 0.3) is 0 Å². The molecule has 2 N–H and O–H groups in total. The monoisotopic (exact) mass is 381 g/mol. The van der Waals surface area contributed by atoms with Gasteiger partial charge in [0.1, 0.15) is 18.1 Å². The molecule has 1 aliphatic carbocycles. The van der Waals surface area contributed by atoms with Gasteiger partial charge in [-0.05, 0) is 43.5 Å². The number of aliphatic imine (C=N–C) groups is 1. The minimum absolute atomic E-state index is 0.308. The van der Waals surface area contributed by atoms with Crippen LogP contribution < -0.4 is 20.1 Å². The first-order chi connectivity index (χ1) is 12.7. The summed E-state index contributed by atoms with van der Waals surface area (Å²) in [5.41, 5.74) is 0. The highest BCUT2D eigenvalue weighted by molar-refractivity contribution is 7.85. The van der Waals surface area contributed by atoms with Crippen molar-refractivity contribution in [3.05, 3.63) is 24.3 Å². The number of hydrogen-bond donors (Lipinski definition) is 2. The standard InChI is InChI=1S/C19H31N3O3S/c1-4-26(23)18-7-5-6-15(14-18)22-19(20-2)21-12-13-25-17-10-8-16(24-3)9-11-17/h8-11,15,18H,4-7,12-14H2,1-3H3,(H2,20,21,22). The molecule has 0 saturated heterocycles. The highest BCUT2D eigenvalue weighted by Gasteiger charge is 2.25. The van der Waals surface area contributed by atoms with Crippen LogP contribution in [0.3, 0.4) is 0 Å². The molecular formula is C19H31N3O3S. The first-order valence-electron chi connectivity index (χ1n) is 9.27. The summed E-state index contributed by atoms with van der Waals surface area (Å²) in [6.07, 6.45) is 4.23. The SMILES string of the molecule is CCS(=O)C1CCCC(NC(=NC)NCCOc2ccc(OC)cc2)C1. The summed E-state index contributed by atoms with van der Waals surface area (Å²) in [6.45, 7) is 3.19. The lowest BCUT2D eigenvalue weighted by Crippen LogP contribution is -2.47. The summed E-state index contributed by atoms with van der Waals surface area (Å²) in [5, 5.41) is 7.05. The number of ether oxygens (including phenoxy) is 2. The molecule has 1 aromatic rings. The van der Waals surface area contributed by atoms with Gasteiger partial charge in [-0.3, -0.25) is 9.20 Å². The lowest BCUT2D eigenvalue weighted by Gasteiger charge is -2.30. The zero-order valence-corrected chi connectivity index (χ0v) is 16.8. The molecule has 2 rings (SSSR count). The quantitative estimate of drug-likeness (QED) is 0.411. The number of hydrogen-bond acceptors (Lipinski definition) is 4. The Bertz CT molecular complexity index is 592. The van der Waals surface area contributed by atoms with E-state index in [0.717, 1.165) is 48.9 Å². The fourth-order valence-corrected chi connectivity index (χ4v) is 4.50. The molecule has 1 saturated carbocycles. The first-order valence-corrected chi connectivity index (χ1v) is 10.7. The van der Waals surface area contributed by atoms with Crippen LogP contribution in [-0.2, 0) is 10.8 Å². The van der Waals surface area contributed by atoms with Crippen LogP contribution >= 0.6 is 0 Å². The maximum Gasteiger partial charge on any atom is 0.191 e. The van der Waals surface area contributed by atoms with Gasteiger partial charge in [-0.25, -0.2) is 0 Å². The molecule has 7 heteroatoms. The summed E-state index contributed by atoms with van der Waals surface area (Å²) < 4.78 is 22.9. The highest BCUT2D eigenvalue weighted by Crippen LogP contribution is 2.23. The summed E-state index contributed by atoms with van der Waals surface area (Å²) >= 11 is 0. The molecule has 3 unspecified atom stereocenters. The minimum Gasteiger partial charge on any atom is -0.497 e. The Morgan fingerprint density at radius 3 is 2.65 bits per heavy atom. The Labute approximate surface area is 159 Å². The molecule has 146 valence electrons. The normalized spacial score (nSPS) is 21.7. The average molecular weight is 382 g/mol. The van der Waals surface area contributed by atoms with E-state index in [4.69, 9.17) is 9.47 Å². The van der Waals surface area contributed by atoms with E-state index >= 15 is 0 Å². The van der Waals surface area contributed by atoms with Gasteiger partial charge in [0, 0.05) is 34.9 Å². The zero-order chi connectivity index (χ0) is 18.8. The first kappa shape index (κ1) is 20.6. The van der Waals surface area contributed by atoms with Gasteiger partial charge in [-0.2, -0.15) is 0 Å². The number of nitrogens with zero attached hydrogens (tertiary/aromatic N) is 1. The van der Waals surface area contributed by atoms with Crippen LogP contribution in [0.4, 0.5) is 0 Å². The topological polar surface area (TPSA) is 72.0 Å². The van der Waals surface area contributed by atoms with Crippen LogP contribution in [0, 0.1) is 0 Å². The summed E-state index contributed by atoms with van der Waals surface area (Å²) in [5.74, 6) is 3.14. The second-order valence-corrected chi connectivity index (χ2v) is 8.33. The predicted octanol–water partition coefficient (Wildman–Crippen LogP) is 2.32. The molecule has 1 aliphatic rings. The van der Waals surface area contributed by atoms with Crippen molar-refractivity contribution in [3.63, 3.8) is 0 Å². The number of guanidine groups is 1. The van der Waals surface area contributed by atoms with Crippen LogP contribution in [0.1, 0.15) is 32.6 Å². The maximum atomic E-state index is 12.1. The van der Waals surface area contributed by atoms with Crippen molar-refractivity contribution in [3.8, 4) is 11.5 Å². The van der Waals surface area contributed by atoms with Crippen molar-refractivity contribution >= 4 is 16.8 Å². The zero-order valence-electron chi connectivity index (χ0n) is 16.0. The number of benzene rings is 1. The fraction of sp³-hybridized carbons (Fsp3) is 0.632. The second-order valence-electron chi connectivity index (χ2n) is 6.32. The third kappa shape index (κ3) is 6.52. The summed E-state index contributed by atoms with van der Waals surface area (Å²) in [7, 11) is 2.70. The molecule has 0 aromatic heterocycles. The van der Waals surface area contributed by atoms with Gasteiger partial charge in [-0.1, -0.05) is 13.3 Å². The van der Waals surface area contributed by atoms with Crippen molar-refractivity contribution in [2.75, 3.05) is 33.1 Å². The minimum atomic E-state index is -0.711. The Hall–Kier alpha value is -1.76. The third-order valence-electron chi connectivity index (χ3n) is 4.57. The molecule has 0 spiro atoms. The van der Waals surface area contributed by atoms with Crippen molar-refractivity contribution in [2.24, 2.45) is 4.99 Å². The molecular weight excluding hydrogens is 350 g/mol. The molecule has 0 heterocycles. The molecule has 0 aliphatic heterocycles. The smallest absolute Gasteiger partial charge is 0.191 e.